The molecule has 4 rings (SSSR count). The van der Waals surface area contributed by atoms with Crippen LogP contribution < -0.4 is 9.47 Å². The minimum absolute atomic E-state index is 0.0166. The number of methoxy groups -OCH3 is 1. The maximum atomic E-state index is 15.5. The molecule has 0 radical (unpaired) electrons. The second-order valence-electron chi connectivity index (χ2n) is 11.4. The van der Waals surface area contributed by atoms with E-state index in [4.69, 9.17) is 9.47 Å². The van der Waals surface area contributed by atoms with Gasteiger partial charge in [0, 0.05) is 22.6 Å². The third-order valence-electron chi connectivity index (χ3n) is 7.78. The van der Waals surface area contributed by atoms with Crippen molar-refractivity contribution in [1.82, 2.24) is 4.98 Å². The molecule has 202 valence electrons. The van der Waals surface area contributed by atoms with Crippen LogP contribution in [0.4, 0.5) is 8.78 Å². The van der Waals surface area contributed by atoms with E-state index in [1.165, 1.54) is 19.2 Å². The largest absolute Gasteiger partial charge is 0.489 e. The van der Waals surface area contributed by atoms with Crippen molar-refractivity contribution in [2.24, 2.45) is 5.41 Å². The van der Waals surface area contributed by atoms with Gasteiger partial charge in [-0.25, -0.2) is 13.8 Å². The lowest BCUT2D eigenvalue weighted by atomic mass is 9.75. The molecule has 0 spiro atoms. The van der Waals surface area contributed by atoms with Crippen LogP contribution in [0.2, 0.25) is 0 Å². The van der Waals surface area contributed by atoms with Crippen molar-refractivity contribution >= 4 is 5.97 Å². The number of halogens is 2. The normalized spacial score (nSPS) is 16.9. The topological polar surface area (TPSA) is 68.7 Å². The summed E-state index contributed by atoms with van der Waals surface area (Å²) < 4.78 is 41.7. The van der Waals surface area contributed by atoms with Gasteiger partial charge in [0.15, 0.2) is 0 Å². The lowest BCUT2D eigenvalue weighted by Gasteiger charge is -2.30. The monoisotopic (exact) mass is 523 g/mol. The Hall–Kier alpha value is -3.48. The van der Waals surface area contributed by atoms with Gasteiger partial charge >= 0.3 is 5.97 Å². The summed E-state index contributed by atoms with van der Waals surface area (Å²) >= 11 is 0. The maximum Gasteiger partial charge on any atom is 0.304 e. The molecule has 1 saturated carbocycles. The fourth-order valence-corrected chi connectivity index (χ4v) is 5.56. The minimum atomic E-state index is -0.880. The van der Waals surface area contributed by atoms with E-state index in [1.54, 1.807) is 18.2 Å². The molecule has 7 heteroatoms. The van der Waals surface area contributed by atoms with Crippen molar-refractivity contribution in [3.8, 4) is 22.8 Å². The van der Waals surface area contributed by atoms with Gasteiger partial charge in [-0.3, -0.25) is 4.79 Å². The number of aromatic nitrogens is 1. The van der Waals surface area contributed by atoms with Crippen LogP contribution in [0.15, 0.2) is 48.7 Å². The van der Waals surface area contributed by atoms with Gasteiger partial charge in [-0.15, -0.1) is 0 Å². The summed E-state index contributed by atoms with van der Waals surface area (Å²) in [6.07, 6.45) is 4.08. The summed E-state index contributed by atoms with van der Waals surface area (Å²) in [5, 5.41) is 9.26. The van der Waals surface area contributed by atoms with Crippen molar-refractivity contribution in [2.75, 3.05) is 7.11 Å². The van der Waals surface area contributed by atoms with E-state index in [-0.39, 0.29) is 35.8 Å². The number of aliphatic carboxylic acids is 1. The van der Waals surface area contributed by atoms with E-state index in [9.17, 15) is 14.3 Å². The highest BCUT2D eigenvalue weighted by Gasteiger charge is 2.37. The average Bonchev–Trinajstić information content (AvgIpc) is 3.21. The molecule has 5 nitrogen and oxygen atoms in total. The number of nitrogens with zero attached hydrogens (tertiary/aromatic N) is 1. The van der Waals surface area contributed by atoms with Crippen LogP contribution in [-0.4, -0.2) is 23.2 Å². The Kier molecular flexibility index (Phi) is 7.77. The number of hydrogen-bond donors (Lipinski definition) is 1. The van der Waals surface area contributed by atoms with Crippen molar-refractivity contribution in [3.63, 3.8) is 0 Å². The fourth-order valence-electron chi connectivity index (χ4n) is 5.56. The lowest BCUT2D eigenvalue weighted by Crippen LogP contribution is -2.21. The molecule has 1 aliphatic carbocycles. The SMILES string of the molecule is COc1cc(-c2cc(F)c(COc3cccc(C(C)(C)CC(=O)O)c3)cc2C2CCCC2(C)C)c(F)cn1. The Balaban J connectivity index is 1.71. The van der Waals surface area contributed by atoms with Crippen molar-refractivity contribution in [3.05, 3.63) is 77.0 Å². The molecule has 1 N–H and O–H groups in total. The molecule has 0 saturated heterocycles. The van der Waals surface area contributed by atoms with Crippen molar-refractivity contribution in [2.45, 2.75) is 71.3 Å². The zero-order chi connectivity index (χ0) is 27.7. The second kappa shape index (κ2) is 10.7. The standard InChI is InChI=1S/C31H35F2NO4/c1-30(2)11-7-10-25(30)23-12-19(26(32)14-22(23)24-15-28(37-5)34-17-27(24)33)18-38-21-9-6-8-20(13-21)31(3,4)16-29(35)36/h6,8-9,12-15,17,25H,7,10-11,16,18H2,1-5H3,(H,35,36). The number of pyridine rings is 1. The third-order valence-corrected chi connectivity index (χ3v) is 7.78. The van der Waals surface area contributed by atoms with E-state index in [0.717, 1.165) is 36.6 Å². The molecular weight excluding hydrogens is 488 g/mol. The number of carboxylic acids is 1. The molecule has 3 aromatic rings. The van der Waals surface area contributed by atoms with Gasteiger partial charge in [-0.2, -0.15) is 0 Å². The highest BCUT2D eigenvalue weighted by Crippen LogP contribution is 2.51. The molecule has 1 heterocycles. The summed E-state index contributed by atoms with van der Waals surface area (Å²) in [7, 11) is 1.46. The number of benzene rings is 2. The first-order valence-electron chi connectivity index (χ1n) is 12.9. The Morgan fingerprint density at radius 3 is 2.55 bits per heavy atom. The summed E-state index contributed by atoms with van der Waals surface area (Å²) in [5.41, 5.74) is 2.23. The van der Waals surface area contributed by atoms with Gasteiger partial charge in [0.2, 0.25) is 5.88 Å². The van der Waals surface area contributed by atoms with E-state index in [2.05, 4.69) is 18.8 Å². The smallest absolute Gasteiger partial charge is 0.304 e. The van der Waals surface area contributed by atoms with Crippen LogP contribution in [0.5, 0.6) is 11.6 Å². The first kappa shape index (κ1) is 27.6. The Bertz CT molecular complexity index is 1340. The molecular formula is C31H35F2NO4. The number of carboxylic acid groups (broad SMARTS) is 1. The highest BCUT2D eigenvalue weighted by atomic mass is 19.1. The molecule has 38 heavy (non-hydrogen) atoms. The molecule has 1 aromatic heterocycles. The number of carbonyl (C=O) groups is 1. The summed E-state index contributed by atoms with van der Waals surface area (Å²) in [4.78, 5) is 15.2. The average molecular weight is 524 g/mol. The molecule has 1 aliphatic rings. The van der Waals surface area contributed by atoms with Crippen LogP contribution in [0.25, 0.3) is 11.1 Å². The summed E-state index contributed by atoms with van der Waals surface area (Å²) in [5.74, 6) is -0.998. The summed E-state index contributed by atoms with van der Waals surface area (Å²) in [6.45, 7) is 8.10. The first-order valence-corrected chi connectivity index (χ1v) is 12.9. The van der Waals surface area contributed by atoms with Crippen LogP contribution >= 0.6 is 0 Å². The number of hydrogen-bond acceptors (Lipinski definition) is 4. The molecule has 0 bridgehead atoms. The van der Waals surface area contributed by atoms with E-state index in [1.807, 2.05) is 26.0 Å². The predicted molar refractivity (Wildman–Crippen MR) is 143 cm³/mol. The van der Waals surface area contributed by atoms with Crippen LogP contribution in [0, 0.1) is 17.0 Å². The van der Waals surface area contributed by atoms with Crippen LogP contribution in [0.1, 0.15) is 76.0 Å². The molecule has 1 unspecified atom stereocenters. The zero-order valence-electron chi connectivity index (χ0n) is 22.6. The fraction of sp³-hybridized carbons (Fsp3) is 0.419. The van der Waals surface area contributed by atoms with Gasteiger partial charge in [0.1, 0.15) is 24.0 Å². The first-order chi connectivity index (χ1) is 17.9. The number of rotatable bonds is 9. The minimum Gasteiger partial charge on any atom is -0.489 e. The number of ether oxygens (including phenoxy) is 2. The quantitative estimate of drug-likeness (QED) is 0.312. The third kappa shape index (κ3) is 5.82. The zero-order valence-corrected chi connectivity index (χ0v) is 22.6. The van der Waals surface area contributed by atoms with Crippen LogP contribution in [0.3, 0.4) is 0 Å². The van der Waals surface area contributed by atoms with E-state index < -0.39 is 23.0 Å². The molecule has 1 fully saturated rings. The second-order valence-corrected chi connectivity index (χ2v) is 11.4. The summed E-state index contributed by atoms with van der Waals surface area (Å²) in [6, 6.07) is 12.0. The van der Waals surface area contributed by atoms with E-state index in [0.29, 0.717) is 16.9 Å². The van der Waals surface area contributed by atoms with Gasteiger partial charge in [0.25, 0.3) is 0 Å². The molecule has 0 amide bonds. The maximum absolute atomic E-state index is 15.5. The molecule has 2 aromatic carbocycles. The molecule has 0 aliphatic heterocycles. The van der Waals surface area contributed by atoms with Crippen molar-refractivity contribution in [1.29, 1.82) is 0 Å². The Morgan fingerprint density at radius 2 is 1.89 bits per heavy atom. The van der Waals surface area contributed by atoms with Gasteiger partial charge < -0.3 is 14.6 Å². The predicted octanol–water partition coefficient (Wildman–Crippen LogP) is 7.66. The van der Waals surface area contributed by atoms with E-state index >= 15 is 4.39 Å². The molecule has 1 atom stereocenters. The highest BCUT2D eigenvalue weighted by molar-refractivity contribution is 5.71. The Morgan fingerprint density at radius 1 is 1.13 bits per heavy atom. The Labute approximate surface area is 222 Å². The van der Waals surface area contributed by atoms with Gasteiger partial charge in [0.05, 0.1) is 19.7 Å². The van der Waals surface area contributed by atoms with Gasteiger partial charge in [-0.1, -0.05) is 46.2 Å². The van der Waals surface area contributed by atoms with Crippen molar-refractivity contribution < 1.29 is 28.2 Å². The lowest BCUT2D eigenvalue weighted by molar-refractivity contribution is -0.138. The van der Waals surface area contributed by atoms with Crippen LogP contribution in [-0.2, 0) is 16.8 Å². The van der Waals surface area contributed by atoms with Gasteiger partial charge in [-0.05, 0) is 65.1 Å².